The lowest BCUT2D eigenvalue weighted by molar-refractivity contribution is 0.0697. The van der Waals surface area contributed by atoms with Gasteiger partial charge < -0.3 is 5.11 Å². The van der Waals surface area contributed by atoms with Gasteiger partial charge in [-0.15, -0.1) is 0 Å². The summed E-state index contributed by atoms with van der Waals surface area (Å²) in [5, 5.41) is 9.90. The Balaban J connectivity index is 2.59. The van der Waals surface area contributed by atoms with Gasteiger partial charge in [-0.2, -0.15) is 0 Å². The third kappa shape index (κ3) is 2.35. The van der Waals surface area contributed by atoms with Crippen LogP contribution in [0.1, 0.15) is 41.9 Å². The van der Waals surface area contributed by atoms with Crippen molar-refractivity contribution in [3.05, 3.63) is 41.1 Å². The lowest BCUT2D eigenvalue weighted by Gasteiger charge is -2.08. The van der Waals surface area contributed by atoms with Crippen LogP contribution in [0.25, 0.3) is 10.9 Å². The first-order chi connectivity index (χ1) is 8.65. The Morgan fingerprint density at radius 1 is 1.28 bits per heavy atom. The molecule has 0 saturated heterocycles. The molecule has 94 valence electrons. The van der Waals surface area contributed by atoms with Gasteiger partial charge in [0.05, 0.1) is 11.1 Å². The first kappa shape index (κ1) is 12.6. The molecule has 2 aromatic rings. The molecule has 1 N–H and O–H groups in total. The van der Waals surface area contributed by atoms with Crippen LogP contribution in [0.5, 0.6) is 0 Å². The van der Waals surface area contributed by atoms with E-state index in [1.54, 1.807) is 18.2 Å². The molecule has 0 atom stereocenters. The van der Waals surface area contributed by atoms with Crippen molar-refractivity contribution in [2.24, 2.45) is 0 Å². The summed E-state index contributed by atoms with van der Waals surface area (Å²) in [6.07, 6.45) is 2.97. The van der Waals surface area contributed by atoms with E-state index in [2.05, 4.69) is 24.9 Å². The number of pyridine rings is 1. The van der Waals surface area contributed by atoms with Crippen LogP contribution >= 0.6 is 0 Å². The second-order valence-electron chi connectivity index (χ2n) is 4.41. The minimum absolute atomic E-state index is 0.314. The Kier molecular flexibility index (Phi) is 3.60. The molecule has 3 heteroatoms. The molecular formula is C15H17NO2. The van der Waals surface area contributed by atoms with Crippen molar-refractivity contribution in [1.29, 1.82) is 0 Å². The zero-order valence-electron chi connectivity index (χ0n) is 10.7. The van der Waals surface area contributed by atoms with E-state index in [9.17, 15) is 4.79 Å². The molecule has 1 heterocycles. The molecular weight excluding hydrogens is 226 g/mol. The van der Waals surface area contributed by atoms with Crippen molar-refractivity contribution in [1.82, 2.24) is 4.98 Å². The molecule has 2 rings (SSSR count). The minimum Gasteiger partial charge on any atom is -0.478 e. The number of benzene rings is 1. The summed E-state index contributed by atoms with van der Waals surface area (Å²) in [7, 11) is 0. The maximum absolute atomic E-state index is 10.9. The van der Waals surface area contributed by atoms with Crippen LogP contribution in [0.15, 0.2) is 24.3 Å². The standard InChI is InChI=1S/C15H17NO2/c1-3-5-13-10(4-2)8-12-9-11(15(17)18)6-7-14(12)16-13/h6-9H,3-5H2,1-2H3,(H,17,18). The van der Waals surface area contributed by atoms with Crippen LogP contribution in [-0.2, 0) is 12.8 Å². The lowest BCUT2D eigenvalue weighted by atomic mass is 10.0. The quantitative estimate of drug-likeness (QED) is 0.894. The van der Waals surface area contributed by atoms with Crippen molar-refractivity contribution in [3.63, 3.8) is 0 Å². The Morgan fingerprint density at radius 2 is 2.06 bits per heavy atom. The molecule has 1 aromatic carbocycles. The molecule has 0 unspecified atom stereocenters. The molecule has 0 radical (unpaired) electrons. The Hall–Kier alpha value is -1.90. The lowest BCUT2D eigenvalue weighted by Crippen LogP contribution is -2.00. The largest absolute Gasteiger partial charge is 0.478 e. The Bertz CT molecular complexity index is 590. The number of aromatic carboxylic acids is 1. The molecule has 0 aliphatic carbocycles. The Morgan fingerprint density at radius 3 is 2.67 bits per heavy atom. The maximum Gasteiger partial charge on any atom is 0.335 e. The molecule has 0 fully saturated rings. The summed E-state index contributed by atoms with van der Waals surface area (Å²) in [6.45, 7) is 4.24. The highest BCUT2D eigenvalue weighted by molar-refractivity contribution is 5.93. The van der Waals surface area contributed by atoms with Gasteiger partial charge in [-0.1, -0.05) is 20.3 Å². The van der Waals surface area contributed by atoms with Gasteiger partial charge >= 0.3 is 5.97 Å². The fourth-order valence-electron chi connectivity index (χ4n) is 2.15. The van der Waals surface area contributed by atoms with E-state index in [0.717, 1.165) is 35.9 Å². The van der Waals surface area contributed by atoms with Crippen LogP contribution in [0.2, 0.25) is 0 Å². The average Bonchev–Trinajstić information content (AvgIpc) is 2.37. The van der Waals surface area contributed by atoms with E-state index in [1.165, 1.54) is 5.56 Å². The van der Waals surface area contributed by atoms with Crippen LogP contribution < -0.4 is 0 Å². The highest BCUT2D eigenvalue weighted by Crippen LogP contribution is 2.20. The highest BCUT2D eigenvalue weighted by Gasteiger charge is 2.08. The predicted octanol–water partition coefficient (Wildman–Crippen LogP) is 3.45. The normalized spacial score (nSPS) is 10.8. The predicted molar refractivity (Wildman–Crippen MR) is 72.1 cm³/mol. The number of nitrogens with zero attached hydrogens (tertiary/aromatic N) is 1. The van der Waals surface area contributed by atoms with Gasteiger partial charge in [0.15, 0.2) is 0 Å². The molecule has 0 spiro atoms. The number of aryl methyl sites for hydroxylation is 2. The highest BCUT2D eigenvalue weighted by atomic mass is 16.4. The van der Waals surface area contributed by atoms with Gasteiger partial charge in [-0.3, -0.25) is 4.98 Å². The van der Waals surface area contributed by atoms with Gasteiger partial charge in [0.1, 0.15) is 0 Å². The van der Waals surface area contributed by atoms with Crippen molar-refractivity contribution in [3.8, 4) is 0 Å². The summed E-state index contributed by atoms with van der Waals surface area (Å²) >= 11 is 0. The monoisotopic (exact) mass is 243 g/mol. The zero-order chi connectivity index (χ0) is 13.1. The molecule has 18 heavy (non-hydrogen) atoms. The van der Waals surface area contributed by atoms with Crippen molar-refractivity contribution in [2.75, 3.05) is 0 Å². The van der Waals surface area contributed by atoms with Crippen molar-refractivity contribution < 1.29 is 9.90 Å². The number of hydrogen-bond acceptors (Lipinski definition) is 2. The van der Waals surface area contributed by atoms with Crippen molar-refractivity contribution >= 4 is 16.9 Å². The molecule has 0 bridgehead atoms. The summed E-state index contributed by atoms with van der Waals surface area (Å²) in [6, 6.07) is 7.16. The van der Waals surface area contributed by atoms with Crippen LogP contribution in [-0.4, -0.2) is 16.1 Å². The number of carbonyl (C=O) groups is 1. The zero-order valence-corrected chi connectivity index (χ0v) is 10.7. The van der Waals surface area contributed by atoms with E-state index in [4.69, 9.17) is 5.11 Å². The fraction of sp³-hybridized carbons (Fsp3) is 0.333. The molecule has 0 amide bonds. The van der Waals surface area contributed by atoms with Crippen LogP contribution in [0.3, 0.4) is 0 Å². The number of fused-ring (bicyclic) bond motifs is 1. The van der Waals surface area contributed by atoms with Gasteiger partial charge in [0.2, 0.25) is 0 Å². The maximum atomic E-state index is 10.9. The second kappa shape index (κ2) is 5.17. The summed E-state index contributed by atoms with van der Waals surface area (Å²) in [5.41, 5.74) is 3.54. The average molecular weight is 243 g/mol. The molecule has 3 nitrogen and oxygen atoms in total. The smallest absolute Gasteiger partial charge is 0.335 e. The third-order valence-corrected chi connectivity index (χ3v) is 3.10. The van der Waals surface area contributed by atoms with Gasteiger partial charge in [-0.25, -0.2) is 4.79 Å². The minimum atomic E-state index is -0.896. The summed E-state index contributed by atoms with van der Waals surface area (Å²) in [4.78, 5) is 15.6. The van der Waals surface area contributed by atoms with Gasteiger partial charge in [0, 0.05) is 11.1 Å². The number of rotatable bonds is 4. The number of carboxylic acid groups (broad SMARTS) is 1. The van der Waals surface area contributed by atoms with E-state index in [1.807, 2.05) is 0 Å². The molecule has 0 saturated carbocycles. The molecule has 0 aliphatic rings. The van der Waals surface area contributed by atoms with Crippen LogP contribution in [0.4, 0.5) is 0 Å². The van der Waals surface area contributed by atoms with E-state index in [0.29, 0.717) is 5.56 Å². The van der Waals surface area contributed by atoms with Gasteiger partial charge in [-0.05, 0) is 42.7 Å². The number of carboxylic acids is 1. The van der Waals surface area contributed by atoms with Gasteiger partial charge in [0.25, 0.3) is 0 Å². The topological polar surface area (TPSA) is 50.2 Å². The first-order valence-electron chi connectivity index (χ1n) is 6.31. The SMILES string of the molecule is CCCc1nc2ccc(C(=O)O)cc2cc1CC. The van der Waals surface area contributed by atoms with Crippen LogP contribution in [0, 0.1) is 0 Å². The third-order valence-electron chi connectivity index (χ3n) is 3.10. The Labute approximate surface area is 106 Å². The van der Waals surface area contributed by atoms with E-state index in [-0.39, 0.29) is 0 Å². The fourth-order valence-corrected chi connectivity index (χ4v) is 2.15. The first-order valence-corrected chi connectivity index (χ1v) is 6.31. The summed E-state index contributed by atoms with van der Waals surface area (Å²) < 4.78 is 0. The summed E-state index contributed by atoms with van der Waals surface area (Å²) in [5.74, 6) is -0.896. The van der Waals surface area contributed by atoms with E-state index < -0.39 is 5.97 Å². The molecule has 0 aliphatic heterocycles. The molecule has 1 aromatic heterocycles. The number of hydrogen-bond donors (Lipinski definition) is 1. The van der Waals surface area contributed by atoms with Crippen molar-refractivity contribution in [2.45, 2.75) is 33.1 Å². The van der Waals surface area contributed by atoms with E-state index >= 15 is 0 Å². The number of aromatic nitrogens is 1. The second-order valence-corrected chi connectivity index (χ2v) is 4.41.